The maximum Gasteiger partial charge on any atom is 0.242 e. The minimum absolute atomic E-state index is 0.00430. The summed E-state index contributed by atoms with van der Waals surface area (Å²) in [6.07, 6.45) is 0.957. The molecule has 0 radical (unpaired) electrons. The molecule has 0 unspecified atom stereocenters. The molecule has 1 heterocycles. The number of Topliss-reactive ketones (excluding diaryl/α,β-unsaturated/α-hetero) is 1. The molecule has 1 aliphatic rings. The first-order chi connectivity index (χ1) is 15.5. The second-order valence-corrected chi connectivity index (χ2v) is 10.1. The molecule has 0 fully saturated rings. The van der Waals surface area contributed by atoms with Crippen LogP contribution in [0, 0.1) is 5.92 Å². The van der Waals surface area contributed by atoms with Crippen LogP contribution in [0.1, 0.15) is 50.0 Å². The van der Waals surface area contributed by atoms with Crippen LogP contribution in [-0.2, 0) is 26.0 Å². The van der Waals surface area contributed by atoms with Crippen molar-refractivity contribution in [2.24, 2.45) is 5.92 Å². The zero-order valence-corrected chi connectivity index (χ0v) is 20.0. The van der Waals surface area contributed by atoms with Crippen molar-refractivity contribution >= 4 is 39.0 Å². The fourth-order valence-electron chi connectivity index (χ4n) is 3.73. The Morgan fingerprint density at radius 2 is 1.73 bits per heavy atom. The van der Waals surface area contributed by atoms with E-state index < -0.39 is 22.0 Å². The number of nitrogens with zero attached hydrogens (tertiary/aromatic N) is 1. The molecule has 33 heavy (non-hydrogen) atoms. The highest BCUT2D eigenvalue weighted by atomic mass is 32.2. The minimum atomic E-state index is -3.98. The third-order valence-electron chi connectivity index (χ3n) is 5.65. The second kappa shape index (κ2) is 9.84. The maximum atomic E-state index is 13.1. The molecule has 9 heteroatoms. The molecule has 3 rings (SSSR count). The first kappa shape index (κ1) is 24.6. The summed E-state index contributed by atoms with van der Waals surface area (Å²) in [5.41, 5.74) is 2.50. The Kier molecular flexibility index (Phi) is 7.34. The largest absolute Gasteiger partial charge is 0.325 e. The van der Waals surface area contributed by atoms with Crippen LogP contribution in [-0.4, -0.2) is 38.6 Å². The average Bonchev–Trinajstić information content (AvgIpc) is 3.20. The summed E-state index contributed by atoms with van der Waals surface area (Å²) in [5, 5.41) is 2.71. The molecule has 2 aromatic carbocycles. The van der Waals surface area contributed by atoms with Gasteiger partial charge in [-0.1, -0.05) is 20.8 Å². The van der Waals surface area contributed by atoms with E-state index in [1.165, 1.54) is 13.0 Å². The van der Waals surface area contributed by atoms with Gasteiger partial charge in [0.15, 0.2) is 5.78 Å². The van der Waals surface area contributed by atoms with E-state index in [0.29, 0.717) is 30.6 Å². The minimum Gasteiger partial charge on any atom is -0.325 e. The molecule has 1 atom stereocenters. The van der Waals surface area contributed by atoms with E-state index in [1.807, 2.05) is 0 Å². The highest BCUT2D eigenvalue weighted by Gasteiger charge is 2.30. The number of carbonyl (C=O) groups is 3. The Hall–Kier alpha value is -3.04. The summed E-state index contributed by atoms with van der Waals surface area (Å²) in [7, 11) is -3.98. The van der Waals surface area contributed by atoms with Gasteiger partial charge in [-0.05, 0) is 67.3 Å². The first-order valence-corrected chi connectivity index (χ1v) is 12.4. The molecule has 0 aromatic heterocycles. The number of benzene rings is 2. The molecule has 0 aliphatic carbocycles. The van der Waals surface area contributed by atoms with E-state index in [9.17, 15) is 22.8 Å². The second-order valence-electron chi connectivity index (χ2n) is 8.41. The Morgan fingerprint density at radius 1 is 1.06 bits per heavy atom. The highest BCUT2D eigenvalue weighted by Crippen LogP contribution is 2.31. The van der Waals surface area contributed by atoms with Gasteiger partial charge in [0.25, 0.3) is 0 Å². The molecule has 2 aromatic rings. The monoisotopic (exact) mass is 471 g/mol. The summed E-state index contributed by atoms with van der Waals surface area (Å²) < 4.78 is 28.7. The fraction of sp³-hybridized carbons (Fsp3) is 0.375. The molecular weight excluding hydrogens is 442 g/mol. The van der Waals surface area contributed by atoms with Crippen molar-refractivity contribution in [1.82, 2.24) is 4.72 Å². The predicted molar refractivity (Wildman–Crippen MR) is 127 cm³/mol. The van der Waals surface area contributed by atoms with E-state index >= 15 is 0 Å². The smallest absolute Gasteiger partial charge is 0.242 e. The van der Waals surface area contributed by atoms with Crippen LogP contribution in [0.3, 0.4) is 0 Å². The molecule has 1 aliphatic heterocycles. The zero-order chi connectivity index (χ0) is 24.3. The number of hydrogen-bond donors (Lipinski definition) is 2. The molecule has 0 saturated heterocycles. The number of amides is 2. The average molecular weight is 472 g/mol. The van der Waals surface area contributed by atoms with Gasteiger partial charge in [-0.2, -0.15) is 4.72 Å². The quantitative estimate of drug-likeness (QED) is 0.575. The van der Waals surface area contributed by atoms with Gasteiger partial charge in [0.05, 0.1) is 4.90 Å². The lowest BCUT2D eigenvalue weighted by Gasteiger charge is -2.22. The molecular formula is C24H29N3O5S. The summed E-state index contributed by atoms with van der Waals surface area (Å²) in [6, 6.07) is 10.1. The summed E-state index contributed by atoms with van der Waals surface area (Å²) in [5.74, 6) is -0.902. The van der Waals surface area contributed by atoms with E-state index in [4.69, 9.17) is 0 Å². The number of carbonyl (C=O) groups excluding carboxylic acids is 3. The number of nitrogens with one attached hydrogen (secondary N) is 2. The van der Waals surface area contributed by atoms with Crippen molar-refractivity contribution in [2.45, 2.75) is 51.5 Å². The summed E-state index contributed by atoms with van der Waals surface area (Å²) in [4.78, 5) is 38.1. The number of hydrogen-bond acceptors (Lipinski definition) is 5. The number of anilines is 2. The topological polar surface area (TPSA) is 113 Å². The van der Waals surface area contributed by atoms with Gasteiger partial charge in [-0.15, -0.1) is 0 Å². The summed E-state index contributed by atoms with van der Waals surface area (Å²) >= 11 is 0. The molecule has 0 saturated carbocycles. The number of ketones is 1. The molecule has 2 amide bonds. The van der Waals surface area contributed by atoms with E-state index in [2.05, 4.69) is 10.0 Å². The van der Waals surface area contributed by atoms with Crippen molar-refractivity contribution < 1.29 is 22.8 Å². The van der Waals surface area contributed by atoms with Crippen molar-refractivity contribution in [3.05, 3.63) is 53.6 Å². The van der Waals surface area contributed by atoms with Crippen LogP contribution >= 0.6 is 0 Å². The van der Waals surface area contributed by atoms with Crippen LogP contribution in [0.25, 0.3) is 0 Å². The summed E-state index contributed by atoms with van der Waals surface area (Å²) in [6.45, 7) is 7.27. The molecule has 8 nitrogen and oxygen atoms in total. The lowest BCUT2D eigenvalue weighted by molar-refractivity contribution is -0.119. The third kappa shape index (κ3) is 5.48. The lowest BCUT2D eigenvalue weighted by atomic mass is 10.0. The molecule has 176 valence electrons. The van der Waals surface area contributed by atoms with Crippen molar-refractivity contribution in [3.8, 4) is 0 Å². The van der Waals surface area contributed by atoms with Crippen molar-refractivity contribution in [1.29, 1.82) is 0 Å². The van der Waals surface area contributed by atoms with Gasteiger partial charge in [0, 0.05) is 29.9 Å². The Balaban J connectivity index is 1.78. The van der Waals surface area contributed by atoms with Crippen LogP contribution in [0.15, 0.2) is 47.4 Å². The molecule has 0 spiro atoms. The number of sulfonamides is 1. The Bertz CT molecular complexity index is 1170. The normalized spacial score (nSPS) is 14.2. The maximum absolute atomic E-state index is 13.1. The van der Waals surface area contributed by atoms with Gasteiger partial charge in [0.1, 0.15) is 6.04 Å². The van der Waals surface area contributed by atoms with Gasteiger partial charge < -0.3 is 10.2 Å². The number of rotatable bonds is 8. The third-order valence-corrected chi connectivity index (χ3v) is 7.09. The SMILES string of the molecule is CCC(=O)N1CCc2cc(S(=O)(=O)N[C@@H](C(=O)Nc3ccc(C(C)=O)cc3)C(C)C)ccc21. The van der Waals surface area contributed by atoms with Gasteiger partial charge in [0.2, 0.25) is 21.8 Å². The van der Waals surface area contributed by atoms with Crippen LogP contribution in [0.4, 0.5) is 11.4 Å². The zero-order valence-electron chi connectivity index (χ0n) is 19.2. The van der Waals surface area contributed by atoms with Crippen molar-refractivity contribution in [3.63, 3.8) is 0 Å². The van der Waals surface area contributed by atoms with E-state index in [-0.39, 0.29) is 22.5 Å². The standard InChI is InChI=1S/C24H29N3O5S/c1-5-22(29)27-13-12-18-14-20(10-11-21(18)27)33(31,32)26-23(15(2)3)24(30)25-19-8-6-17(7-9-19)16(4)28/h6-11,14-15,23,26H,5,12-13H2,1-4H3,(H,25,30)/t23-/m1/s1. The van der Waals surface area contributed by atoms with Crippen LogP contribution in [0.5, 0.6) is 0 Å². The van der Waals surface area contributed by atoms with Crippen LogP contribution < -0.4 is 14.9 Å². The van der Waals surface area contributed by atoms with Gasteiger partial charge in [-0.3, -0.25) is 14.4 Å². The Morgan fingerprint density at radius 3 is 2.30 bits per heavy atom. The number of fused-ring (bicyclic) bond motifs is 1. The lowest BCUT2D eigenvalue weighted by Crippen LogP contribution is -2.47. The van der Waals surface area contributed by atoms with E-state index in [0.717, 1.165) is 11.3 Å². The van der Waals surface area contributed by atoms with E-state index in [1.54, 1.807) is 62.1 Å². The molecule has 0 bridgehead atoms. The molecule has 2 N–H and O–H groups in total. The fourth-order valence-corrected chi connectivity index (χ4v) is 5.13. The Labute approximate surface area is 194 Å². The van der Waals surface area contributed by atoms with Gasteiger partial charge >= 0.3 is 0 Å². The predicted octanol–water partition coefficient (Wildman–Crippen LogP) is 3.13. The first-order valence-electron chi connectivity index (χ1n) is 10.9. The highest BCUT2D eigenvalue weighted by molar-refractivity contribution is 7.89. The van der Waals surface area contributed by atoms with Crippen LogP contribution in [0.2, 0.25) is 0 Å². The van der Waals surface area contributed by atoms with Gasteiger partial charge in [-0.25, -0.2) is 8.42 Å². The van der Waals surface area contributed by atoms with Crippen molar-refractivity contribution in [2.75, 3.05) is 16.8 Å².